The second kappa shape index (κ2) is 9.36. The monoisotopic (exact) mass is 254 g/mol. The Morgan fingerprint density at radius 1 is 1.00 bits per heavy atom. The van der Waals surface area contributed by atoms with E-state index in [1.165, 1.54) is 5.56 Å². The number of hydrogen-bond donors (Lipinski definition) is 0. The van der Waals surface area contributed by atoms with E-state index in [1.54, 1.807) is 7.11 Å². The van der Waals surface area contributed by atoms with Crippen molar-refractivity contribution in [1.29, 1.82) is 0 Å². The lowest BCUT2D eigenvalue weighted by atomic mass is 10.2. The molecule has 4 heteroatoms. The minimum Gasteiger partial charge on any atom is -0.396 e. The Hall–Kier alpha value is -0.683. The number of methoxy groups -OCH3 is 1. The maximum Gasteiger partial charge on any atom is 0.326 e. The van der Waals surface area contributed by atoms with Gasteiger partial charge in [-0.25, -0.2) is 0 Å². The summed E-state index contributed by atoms with van der Waals surface area (Å²) in [4.78, 5) is 0. The first kappa shape index (κ1) is 14.4. The van der Waals surface area contributed by atoms with Crippen LogP contribution >= 0.6 is 0 Å². The van der Waals surface area contributed by atoms with Gasteiger partial charge in [0.25, 0.3) is 0 Å². The molecule has 0 heterocycles. The van der Waals surface area contributed by atoms with Crippen molar-refractivity contribution < 1.29 is 13.6 Å². The highest BCUT2D eigenvalue weighted by Gasteiger charge is 2.13. The van der Waals surface area contributed by atoms with Crippen LogP contribution in [0.2, 0.25) is 0 Å². The largest absolute Gasteiger partial charge is 0.396 e. The van der Waals surface area contributed by atoms with Gasteiger partial charge in [-0.15, -0.1) is 0 Å². The summed E-state index contributed by atoms with van der Waals surface area (Å²) in [5.74, 6) is 0. The summed E-state index contributed by atoms with van der Waals surface area (Å²) in [6.07, 6.45) is 1.03. The van der Waals surface area contributed by atoms with Gasteiger partial charge >= 0.3 is 9.28 Å². The number of rotatable bonds is 9. The van der Waals surface area contributed by atoms with Crippen molar-refractivity contribution in [3.8, 4) is 0 Å². The van der Waals surface area contributed by atoms with Crippen LogP contribution in [-0.2, 0) is 19.6 Å². The molecule has 0 bridgehead atoms. The van der Waals surface area contributed by atoms with Crippen molar-refractivity contribution in [2.24, 2.45) is 0 Å². The molecule has 0 aliphatic heterocycles. The summed E-state index contributed by atoms with van der Waals surface area (Å²) in [6.45, 7) is 4.16. The van der Waals surface area contributed by atoms with Gasteiger partial charge < -0.3 is 13.6 Å². The molecule has 1 aromatic rings. The van der Waals surface area contributed by atoms with Gasteiger partial charge in [0, 0.05) is 19.8 Å². The number of benzene rings is 1. The van der Waals surface area contributed by atoms with Crippen LogP contribution in [0, 0.1) is 0 Å². The molecule has 0 aliphatic carbocycles. The second-order valence-electron chi connectivity index (χ2n) is 3.85. The van der Waals surface area contributed by atoms with Crippen molar-refractivity contribution in [2.75, 3.05) is 26.9 Å². The zero-order valence-corrected chi connectivity index (χ0v) is 11.9. The number of hydrogen-bond acceptors (Lipinski definition) is 3. The summed E-state index contributed by atoms with van der Waals surface area (Å²) < 4.78 is 16.6. The predicted molar refractivity (Wildman–Crippen MR) is 71.4 cm³/mol. The fourth-order valence-electron chi connectivity index (χ4n) is 1.48. The molecule has 3 nitrogen and oxygen atoms in total. The normalized spacial score (nSPS) is 12.6. The maximum absolute atomic E-state index is 5.80. The smallest absolute Gasteiger partial charge is 0.326 e. The van der Waals surface area contributed by atoms with E-state index in [4.69, 9.17) is 13.6 Å². The Labute approximate surface area is 106 Å². The van der Waals surface area contributed by atoms with Crippen LogP contribution in [0.5, 0.6) is 0 Å². The highest BCUT2D eigenvalue weighted by Crippen LogP contribution is 2.05. The topological polar surface area (TPSA) is 27.7 Å². The summed E-state index contributed by atoms with van der Waals surface area (Å²) in [5, 5.41) is 0. The fourth-order valence-corrected chi connectivity index (χ4v) is 3.33. The first-order valence-electron chi connectivity index (χ1n) is 6.13. The van der Waals surface area contributed by atoms with Gasteiger partial charge in [0.05, 0.1) is 13.2 Å². The standard InChI is InChI=1S/C13H22O3Si/c1-3-9-15-17(16-11-10-14-2)12-13-7-5-4-6-8-13/h4-8,17H,3,9-12H2,1-2H3. The molecule has 0 saturated heterocycles. The van der Waals surface area contributed by atoms with Crippen molar-refractivity contribution >= 4 is 9.28 Å². The van der Waals surface area contributed by atoms with Crippen molar-refractivity contribution in [3.05, 3.63) is 35.9 Å². The molecular formula is C13H22O3Si. The lowest BCUT2D eigenvalue weighted by Gasteiger charge is -2.16. The summed E-state index contributed by atoms with van der Waals surface area (Å²) >= 11 is 0. The Morgan fingerprint density at radius 2 is 1.71 bits per heavy atom. The third-order valence-electron chi connectivity index (χ3n) is 2.34. The van der Waals surface area contributed by atoms with E-state index < -0.39 is 9.28 Å². The Bertz CT molecular complexity index is 279. The molecule has 1 unspecified atom stereocenters. The van der Waals surface area contributed by atoms with E-state index in [0.717, 1.165) is 19.1 Å². The third kappa shape index (κ3) is 6.58. The first-order valence-corrected chi connectivity index (χ1v) is 7.88. The zero-order chi connectivity index (χ0) is 12.3. The van der Waals surface area contributed by atoms with E-state index >= 15 is 0 Å². The molecule has 0 N–H and O–H groups in total. The highest BCUT2D eigenvalue weighted by atomic mass is 28.3. The molecule has 1 rings (SSSR count). The maximum atomic E-state index is 5.80. The molecule has 0 saturated carbocycles. The molecule has 17 heavy (non-hydrogen) atoms. The molecular weight excluding hydrogens is 232 g/mol. The molecule has 0 aliphatic rings. The van der Waals surface area contributed by atoms with Gasteiger partial charge in [0.2, 0.25) is 0 Å². The molecule has 0 radical (unpaired) electrons. The Morgan fingerprint density at radius 3 is 2.35 bits per heavy atom. The van der Waals surface area contributed by atoms with Crippen molar-refractivity contribution in [3.63, 3.8) is 0 Å². The van der Waals surface area contributed by atoms with Crippen molar-refractivity contribution in [1.82, 2.24) is 0 Å². The second-order valence-corrected chi connectivity index (χ2v) is 5.79. The number of ether oxygens (including phenoxy) is 1. The van der Waals surface area contributed by atoms with Crippen LogP contribution in [0.15, 0.2) is 30.3 Å². The molecule has 0 amide bonds. The van der Waals surface area contributed by atoms with Crippen LogP contribution in [-0.4, -0.2) is 36.2 Å². The molecule has 96 valence electrons. The third-order valence-corrected chi connectivity index (χ3v) is 4.36. The minimum atomic E-state index is -1.59. The van der Waals surface area contributed by atoms with Crippen LogP contribution < -0.4 is 0 Å². The van der Waals surface area contributed by atoms with E-state index in [1.807, 2.05) is 6.07 Å². The molecule has 0 fully saturated rings. The highest BCUT2D eigenvalue weighted by molar-refractivity contribution is 6.43. The summed E-state index contributed by atoms with van der Waals surface area (Å²) in [7, 11) is 0.0949. The van der Waals surface area contributed by atoms with E-state index in [9.17, 15) is 0 Å². The minimum absolute atomic E-state index is 0.629. The molecule has 1 aromatic carbocycles. The van der Waals surface area contributed by atoms with Crippen LogP contribution in [0.25, 0.3) is 0 Å². The SMILES string of the molecule is CCCO[SiH](Cc1ccccc1)OCCOC. The summed E-state index contributed by atoms with van der Waals surface area (Å²) in [5.41, 5.74) is 1.29. The average Bonchev–Trinajstić information content (AvgIpc) is 2.37. The summed E-state index contributed by atoms with van der Waals surface area (Å²) in [6, 6.07) is 11.3. The van der Waals surface area contributed by atoms with Crippen molar-refractivity contribution in [2.45, 2.75) is 19.4 Å². The molecule has 0 aromatic heterocycles. The fraction of sp³-hybridized carbons (Fsp3) is 0.538. The molecule has 0 spiro atoms. The Balaban J connectivity index is 2.39. The van der Waals surface area contributed by atoms with Gasteiger partial charge in [-0.2, -0.15) is 0 Å². The van der Waals surface area contributed by atoms with Gasteiger partial charge in [0.15, 0.2) is 0 Å². The van der Waals surface area contributed by atoms with E-state index in [2.05, 4.69) is 31.2 Å². The Kier molecular flexibility index (Phi) is 7.91. The van der Waals surface area contributed by atoms with E-state index in [0.29, 0.717) is 13.2 Å². The first-order chi connectivity index (χ1) is 8.36. The van der Waals surface area contributed by atoms with Gasteiger partial charge in [-0.1, -0.05) is 37.3 Å². The van der Waals surface area contributed by atoms with Gasteiger partial charge in [-0.05, 0) is 12.0 Å². The zero-order valence-electron chi connectivity index (χ0n) is 10.7. The van der Waals surface area contributed by atoms with Gasteiger partial charge in [-0.3, -0.25) is 0 Å². The quantitative estimate of drug-likeness (QED) is 0.499. The molecule has 1 atom stereocenters. The lowest BCUT2D eigenvalue weighted by molar-refractivity contribution is 0.121. The van der Waals surface area contributed by atoms with E-state index in [-0.39, 0.29) is 0 Å². The predicted octanol–water partition coefficient (Wildman–Crippen LogP) is 2.08. The van der Waals surface area contributed by atoms with Gasteiger partial charge in [0.1, 0.15) is 0 Å². The van der Waals surface area contributed by atoms with Crippen LogP contribution in [0.1, 0.15) is 18.9 Å². The lowest BCUT2D eigenvalue weighted by Crippen LogP contribution is -2.28. The van der Waals surface area contributed by atoms with Crippen LogP contribution in [0.4, 0.5) is 0 Å². The van der Waals surface area contributed by atoms with Crippen LogP contribution in [0.3, 0.4) is 0 Å². The average molecular weight is 254 g/mol.